The molecule has 0 atom stereocenters. The number of thiol groups is 1. The highest BCUT2D eigenvalue weighted by Gasteiger charge is 2.19. The van der Waals surface area contributed by atoms with Crippen LogP contribution in [0.15, 0.2) is 60.7 Å². The fourth-order valence-electron chi connectivity index (χ4n) is 3.55. The van der Waals surface area contributed by atoms with E-state index in [4.69, 9.17) is 0 Å². The van der Waals surface area contributed by atoms with E-state index in [0.29, 0.717) is 11.5 Å². The molecule has 1 N–H and O–H groups in total. The van der Waals surface area contributed by atoms with Gasteiger partial charge in [0.1, 0.15) is 5.75 Å². The monoisotopic (exact) mass is 390 g/mol. The first-order chi connectivity index (χ1) is 13.3. The van der Waals surface area contributed by atoms with Crippen LogP contribution in [0.1, 0.15) is 50.8 Å². The highest BCUT2D eigenvalue weighted by atomic mass is 32.1. The van der Waals surface area contributed by atoms with Gasteiger partial charge in [-0.1, -0.05) is 82.6 Å². The average Bonchev–Trinajstić information content (AvgIpc) is 2.68. The van der Waals surface area contributed by atoms with Crippen LogP contribution in [-0.4, -0.2) is 5.11 Å². The first-order valence-electron chi connectivity index (χ1n) is 10.0. The molecule has 0 aliphatic heterocycles. The molecule has 28 heavy (non-hydrogen) atoms. The van der Waals surface area contributed by atoms with Gasteiger partial charge >= 0.3 is 0 Å². The predicted molar refractivity (Wildman–Crippen MR) is 124 cm³/mol. The van der Waals surface area contributed by atoms with E-state index in [1.165, 1.54) is 22.3 Å². The third-order valence-electron chi connectivity index (χ3n) is 5.17. The molecule has 3 aromatic rings. The molecule has 0 unspecified atom stereocenters. The molecule has 0 radical (unpaired) electrons. The topological polar surface area (TPSA) is 20.2 Å². The molecule has 0 spiro atoms. The van der Waals surface area contributed by atoms with Gasteiger partial charge in [0, 0.05) is 16.9 Å². The fourth-order valence-corrected chi connectivity index (χ4v) is 3.79. The lowest BCUT2D eigenvalue weighted by Gasteiger charge is -2.23. The maximum atomic E-state index is 11.0. The SMILES string of the molecule is CCCc1cc(-c2ccccc2)cc(-c2cc(C(C)(C)C)cc(CS)c2O)c1. The molecule has 146 valence electrons. The van der Waals surface area contributed by atoms with Gasteiger partial charge in [-0.3, -0.25) is 0 Å². The molecule has 3 aromatic carbocycles. The lowest BCUT2D eigenvalue weighted by Crippen LogP contribution is -2.11. The Morgan fingerprint density at radius 1 is 0.857 bits per heavy atom. The van der Waals surface area contributed by atoms with Crippen LogP contribution in [0.25, 0.3) is 22.3 Å². The zero-order chi connectivity index (χ0) is 20.3. The summed E-state index contributed by atoms with van der Waals surface area (Å²) in [6, 6.07) is 21.4. The van der Waals surface area contributed by atoms with E-state index in [1.807, 2.05) is 6.07 Å². The van der Waals surface area contributed by atoms with Crippen molar-refractivity contribution in [2.45, 2.75) is 51.7 Å². The largest absolute Gasteiger partial charge is 0.507 e. The second kappa shape index (κ2) is 8.45. The molecule has 0 aromatic heterocycles. The molecule has 2 heteroatoms. The normalized spacial score (nSPS) is 11.6. The maximum absolute atomic E-state index is 11.0. The minimum absolute atomic E-state index is 0.00341. The first kappa shape index (κ1) is 20.5. The van der Waals surface area contributed by atoms with E-state index in [2.05, 4.69) is 94.9 Å². The van der Waals surface area contributed by atoms with Crippen LogP contribution in [-0.2, 0) is 17.6 Å². The maximum Gasteiger partial charge on any atom is 0.127 e. The van der Waals surface area contributed by atoms with Crippen molar-refractivity contribution in [3.63, 3.8) is 0 Å². The number of benzene rings is 3. The summed E-state index contributed by atoms with van der Waals surface area (Å²) in [4.78, 5) is 0. The molecule has 1 nitrogen and oxygen atoms in total. The number of aryl methyl sites for hydroxylation is 1. The van der Waals surface area contributed by atoms with Crippen LogP contribution in [0.2, 0.25) is 0 Å². The van der Waals surface area contributed by atoms with Gasteiger partial charge in [-0.2, -0.15) is 12.6 Å². The standard InChI is InChI=1S/C26H30OS/c1-5-9-18-12-20(19-10-7-6-8-11-19)14-21(13-18)24-16-23(26(2,3)4)15-22(17-28)25(24)27/h6-8,10-16,27-28H,5,9,17H2,1-4H3. The van der Waals surface area contributed by atoms with Crippen molar-refractivity contribution in [3.05, 3.63) is 77.4 Å². The smallest absolute Gasteiger partial charge is 0.127 e. The summed E-state index contributed by atoms with van der Waals surface area (Å²) >= 11 is 4.45. The van der Waals surface area contributed by atoms with Crippen molar-refractivity contribution in [2.24, 2.45) is 0 Å². The Morgan fingerprint density at radius 2 is 1.54 bits per heavy atom. The van der Waals surface area contributed by atoms with Gasteiger partial charge in [0.25, 0.3) is 0 Å². The molecule has 3 rings (SSSR count). The second-order valence-electron chi connectivity index (χ2n) is 8.47. The highest BCUT2D eigenvalue weighted by molar-refractivity contribution is 7.79. The second-order valence-corrected chi connectivity index (χ2v) is 8.79. The molecule has 0 aliphatic carbocycles. The molecule has 0 fully saturated rings. The van der Waals surface area contributed by atoms with E-state index >= 15 is 0 Å². The molecule has 0 aliphatic rings. The molecule has 0 amide bonds. The minimum Gasteiger partial charge on any atom is -0.507 e. The quantitative estimate of drug-likeness (QED) is 0.435. The van der Waals surface area contributed by atoms with Gasteiger partial charge in [-0.25, -0.2) is 0 Å². The summed E-state index contributed by atoms with van der Waals surface area (Å²) < 4.78 is 0. The molecular weight excluding hydrogens is 360 g/mol. The number of hydrogen-bond donors (Lipinski definition) is 2. The zero-order valence-electron chi connectivity index (χ0n) is 17.3. The number of phenolic OH excluding ortho intramolecular Hbond substituents is 1. The van der Waals surface area contributed by atoms with Crippen LogP contribution in [0.4, 0.5) is 0 Å². The van der Waals surface area contributed by atoms with E-state index in [1.54, 1.807) is 0 Å². The van der Waals surface area contributed by atoms with Crippen molar-refractivity contribution in [3.8, 4) is 28.0 Å². The summed E-state index contributed by atoms with van der Waals surface area (Å²) in [7, 11) is 0. The van der Waals surface area contributed by atoms with Crippen molar-refractivity contribution < 1.29 is 5.11 Å². The summed E-state index contributed by atoms with van der Waals surface area (Å²) in [5, 5.41) is 11.0. The predicted octanol–water partition coefficient (Wildman–Crippen LogP) is 7.41. The summed E-state index contributed by atoms with van der Waals surface area (Å²) in [5.74, 6) is 0.860. The lowest BCUT2D eigenvalue weighted by atomic mass is 9.83. The Morgan fingerprint density at radius 3 is 2.14 bits per heavy atom. The van der Waals surface area contributed by atoms with Gasteiger partial charge < -0.3 is 5.11 Å². The molecular formula is C26H30OS. The van der Waals surface area contributed by atoms with Crippen LogP contribution in [0, 0.1) is 0 Å². The van der Waals surface area contributed by atoms with Crippen molar-refractivity contribution in [1.82, 2.24) is 0 Å². The molecule has 0 saturated carbocycles. The van der Waals surface area contributed by atoms with Gasteiger partial charge in [0.15, 0.2) is 0 Å². The van der Waals surface area contributed by atoms with Gasteiger partial charge in [0.05, 0.1) is 0 Å². The summed E-state index contributed by atoms with van der Waals surface area (Å²) in [6.45, 7) is 8.81. The van der Waals surface area contributed by atoms with Gasteiger partial charge in [-0.15, -0.1) is 0 Å². The van der Waals surface area contributed by atoms with Gasteiger partial charge in [0.2, 0.25) is 0 Å². The zero-order valence-corrected chi connectivity index (χ0v) is 18.2. The van der Waals surface area contributed by atoms with Crippen LogP contribution < -0.4 is 0 Å². The van der Waals surface area contributed by atoms with Crippen molar-refractivity contribution in [1.29, 1.82) is 0 Å². The number of hydrogen-bond acceptors (Lipinski definition) is 2. The first-order valence-corrected chi connectivity index (χ1v) is 10.6. The van der Waals surface area contributed by atoms with E-state index in [9.17, 15) is 5.11 Å². The van der Waals surface area contributed by atoms with Crippen molar-refractivity contribution in [2.75, 3.05) is 0 Å². The Kier molecular flexibility index (Phi) is 6.20. The molecule has 0 heterocycles. The van der Waals surface area contributed by atoms with Crippen LogP contribution in [0.3, 0.4) is 0 Å². The molecule has 0 saturated heterocycles. The van der Waals surface area contributed by atoms with E-state index < -0.39 is 0 Å². The third-order valence-corrected chi connectivity index (χ3v) is 5.52. The van der Waals surface area contributed by atoms with Gasteiger partial charge in [-0.05, 0) is 51.8 Å². The Labute approximate surface area is 174 Å². The number of phenols is 1. The Bertz CT molecular complexity index is 952. The Balaban J connectivity index is 2.24. The summed E-state index contributed by atoms with van der Waals surface area (Å²) in [5.41, 5.74) is 7.75. The number of aromatic hydroxyl groups is 1. The minimum atomic E-state index is 0.00341. The third kappa shape index (κ3) is 4.44. The van der Waals surface area contributed by atoms with Crippen molar-refractivity contribution >= 4 is 12.6 Å². The van der Waals surface area contributed by atoms with E-state index in [0.717, 1.165) is 29.5 Å². The number of rotatable bonds is 5. The van der Waals surface area contributed by atoms with Crippen LogP contribution >= 0.6 is 12.6 Å². The van der Waals surface area contributed by atoms with E-state index in [-0.39, 0.29) is 5.41 Å². The fraction of sp³-hybridized carbons (Fsp3) is 0.308. The highest BCUT2D eigenvalue weighted by Crippen LogP contribution is 2.39. The van der Waals surface area contributed by atoms with Crippen LogP contribution in [0.5, 0.6) is 5.75 Å². The average molecular weight is 391 g/mol. The lowest BCUT2D eigenvalue weighted by molar-refractivity contribution is 0.471. The molecule has 0 bridgehead atoms. The summed E-state index contributed by atoms with van der Waals surface area (Å²) in [6.07, 6.45) is 2.11. The Hall–Kier alpha value is -2.19.